The maximum Gasteiger partial charge on any atom is 0.277 e. The molecule has 1 atom stereocenters. The molecule has 2 heterocycles. The second-order valence-corrected chi connectivity index (χ2v) is 8.50. The van der Waals surface area contributed by atoms with Gasteiger partial charge >= 0.3 is 0 Å². The number of carbonyl (C=O) groups excluding carboxylic acids is 1. The van der Waals surface area contributed by atoms with E-state index in [1.165, 1.54) is 17.3 Å². The minimum absolute atomic E-state index is 0.0624. The molecular formula is C25H25N3O2S. The Kier molecular flexibility index (Phi) is 6.37. The highest BCUT2D eigenvalue weighted by Gasteiger charge is 2.20. The van der Waals surface area contributed by atoms with Crippen LogP contribution in [0.5, 0.6) is 0 Å². The van der Waals surface area contributed by atoms with Crippen LogP contribution in [-0.2, 0) is 6.42 Å². The van der Waals surface area contributed by atoms with Crippen LogP contribution in [0.2, 0.25) is 0 Å². The second-order valence-electron chi connectivity index (χ2n) is 7.58. The lowest BCUT2D eigenvalue weighted by molar-refractivity contribution is 0.102. The van der Waals surface area contributed by atoms with Crippen molar-refractivity contribution in [2.45, 2.75) is 38.5 Å². The van der Waals surface area contributed by atoms with Gasteiger partial charge in [0.15, 0.2) is 5.78 Å². The van der Waals surface area contributed by atoms with E-state index >= 15 is 0 Å². The lowest BCUT2D eigenvalue weighted by atomic mass is 10.1. The smallest absolute Gasteiger partial charge is 0.277 e. The van der Waals surface area contributed by atoms with Crippen molar-refractivity contribution in [1.82, 2.24) is 14.8 Å². The molecule has 2 aromatic carbocycles. The number of Topliss-reactive ketones (excluding diaryl/α,β-unsaturated/α-hetero) is 1. The molecule has 4 rings (SSSR count). The standard InChI is InChI=1S/C25H25N3O2S/c1-17-14-22(19(3)28(17)18(2)21-12-8-5-9-13-21)23(29)16-31-25-27-26-24(30-25)15-20-10-6-4-7-11-20/h4-14,18H,15-16H2,1-3H3/t18-/m0/s1. The van der Waals surface area contributed by atoms with Gasteiger partial charge in [0.25, 0.3) is 5.22 Å². The maximum atomic E-state index is 12.9. The first-order valence-corrected chi connectivity index (χ1v) is 11.3. The molecule has 0 aliphatic rings. The molecule has 0 unspecified atom stereocenters. The van der Waals surface area contributed by atoms with E-state index in [0.29, 0.717) is 17.5 Å². The quantitative estimate of drug-likeness (QED) is 0.266. The normalized spacial score (nSPS) is 12.1. The number of hydrogen-bond acceptors (Lipinski definition) is 5. The Morgan fingerprint density at radius 3 is 2.42 bits per heavy atom. The summed E-state index contributed by atoms with van der Waals surface area (Å²) in [6.07, 6.45) is 0.584. The molecular weight excluding hydrogens is 406 g/mol. The Bertz CT molecular complexity index is 1170. The molecule has 31 heavy (non-hydrogen) atoms. The second kappa shape index (κ2) is 9.35. The fourth-order valence-corrected chi connectivity index (χ4v) is 4.54. The molecule has 0 fully saturated rings. The summed E-state index contributed by atoms with van der Waals surface area (Å²) in [5, 5.41) is 8.60. The number of ketones is 1. The predicted octanol–water partition coefficient (Wildman–Crippen LogP) is 5.66. The highest BCUT2D eigenvalue weighted by Crippen LogP contribution is 2.27. The molecule has 158 valence electrons. The zero-order valence-corrected chi connectivity index (χ0v) is 18.7. The van der Waals surface area contributed by atoms with E-state index in [0.717, 1.165) is 22.5 Å². The van der Waals surface area contributed by atoms with E-state index in [2.05, 4.69) is 33.8 Å². The van der Waals surface area contributed by atoms with Crippen molar-refractivity contribution in [3.05, 3.63) is 101 Å². The zero-order valence-electron chi connectivity index (χ0n) is 17.9. The van der Waals surface area contributed by atoms with Crippen LogP contribution in [0.25, 0.3) is 0 Å². The summed E-state index contributed by atoms with van der Waals surface area (Å²) in [5.41, 5.74) is 5.13. The van der Waals surface area contributed by atoms with Crippen LogP contribution in [0, 0.1) is 13.8 Å². The molecule has 4 aromatic rings. The topological polar surface area (TPSA) is 60.9 Å². The third-order valence-corrected chi connectivity index (χ3v) is 6.25. The number of thioether (sulfide) groups is 1. The van der Waals surface area contributed by atoms with Crippen molar-refractivity contribution in [3.63, 3.8) is 0 Å². The van der Waals surface area contributed by atoms with Crippen LogP contribution in [0.1, 0.15) is 51.7 Å². The van der Waals surface area contributed by atoms with E-state index in [9.17, 15) is 4.79 Å². The highest BCUT2D eigenvalue weighted by molar-refractivity contribution is 7.99. The zero-order chi connectivity index (χ0) is 21.8. The number of carbonyl (C=O) groups is 1. The fraction of sp³-hybridized carbons (Fsp3) is 0.240. The Labute approximate surface area is 186 Å². The number of rotatable bonds is 8. The van der Waals surface area contributed by atoms with Gasteiger partial charge in [0, 0.05) is 17.0 Å². The van der Waals surface area contributed by atoms with Gasteiger partial charge in [-0.1, -0.05) is 72.4 Å². The summed E-state index contributed by atoms with van der Waals surface area (Å²) in [5.74, 6) is 0.875. The van der Waals surface area contributed by atoms with Crippen LogP contribution < -0.4 is 0 Å². The Balaban J connectivity index is 1.43. The first kappa shape index (κ1) is 21.1. The minimum Gasteiger partial charge on any atom is -0.416 e. The summed E-state index contributed by atoms with van der Waals surface area (Å²) in [6.45, 7) is 6.21. The van der Waals surface area contributed by atoms with Gasteiger partial charge in [-0.3, -0.25) is 4.79 Å². The van der Waals surface area contributed by atoms with E-state index in [1.54, 1.807) is 0 Å². The van der Waals surface area contributed by atoms with Crippen molar-refractivity contribution in [2.24, 2.45) is 0 Å². The Hall–Kier alpha value is -3.12. The van der Waals surface area contributed by atoms with Crippen molar-refractivity contribution in [3.8, 4) is 0 Å². The van der Waals surface area contributed by atoms with Gasteiger partial charge in [-0.2, -0.15) is 0 Å². The molecule has 0 bridgehead atoms. The molecule has 0 N–H and O–H groups in total. The minimum atomic E-state index is 0.0624. The van der Waals surface area contributed by atoms with E-state index in [-0.39, 0.29) is 17.6 Å². The summed E-state index contributed by atoms with van der Waals surface area (Å²) in [6, 6.07) is 22.4. The highest BCUT2D eigenvalue weighted by atomic mass is 32.2. The van der Waals surface area contributed by atoms with Crippen molar-refractivity contribution in [2.75, 3.05) is 5.75 Å². The fourth-order valence-electron chi connectivity index (χ4n) is 3.88. The summed E-state index contributed by atoms with van der Waals surface area (Å²) in [4.78, 5) is 12.9. The molecule has 5 nitrogen and oxygen atoms in total. The summed E-state index contributed by atoms with van der Waals surface area (Å²) in [7, 11) is 0. The van der Waals surface area contributed by atoms with Gasteiger partial charge in [-0.05, 0) is 38.0 Å². The van der Waals surface area contributed by atoms with Crippen LogP contribution in [0.3, 0.4) is 0 Å². The molecule has 0 spiro atoms. The number of hydrogen-bond donors (Lipinski definition) is 0. The number of nitrogens with zero attached hydrogens (tertiary/aromatic N) is 3. The van der Waals surface area contributed by atoms with Crippen LogP contribution >= 0.6 is 11.8 Å². The van der Waals surface area contributed by atoms with Gasteiger partial charge in [0.1, 0.15) is 0 Å². The van der Waals surface area contributed by atoms with Crippen LogP contribution in [0.4, 0.5) is 0 Å². The van der Waals surface area contributed by atoms with Gasteiger partial charge in [0.05, 0.1) is 18.2 Å². The largest absolute Gasteiger partial charge is 0.416 e. The van der Waals surface area contributed by atoms with Crippen molar-refractivity contribution >= 4 is 17.5 Å². The van der Waals surface area contributed by atoms with Crippen molar-refractivity contribution in [1.29, 1.82) is 0 Å². The lowest BCUT2D eigenvalue weighted by Gasteiger charge is -2.19. The average Bonchev–Trinajstić information content (AvgIpc) is 3.36. The first-order chi connectivity index (χ1) is 15.0. The number of aryl methyl sites for hydroxylation is 1. The number of benzene rings is 2. The summed E-state index contributed by atoms with van der Waals surface area (Å²) < 4.78 is 7.93. The van der Waals surface area contributed by atoms with Gasteiger partial charge in [0.2, 0.25) is 5.89 Å². The maximum absolute atomic E-state index is 12.9. The first-order valence-electron chi connectivity index (χ1n) is 10.3. The molecule has 0 amide bonds. The number of aromatic nitrogens is 3. The van der Waals surface area contributed by atoms with E-state index in [4.69, 9.17) is 4.42 Å². The predicted molar refractivity (Wildman–Crippen MR) is 123 cm³/mol. The Morgan fingerprint density at radius 1 is 1.03 bits per heavy atom. The van der Waals surface area contributed by atoms with E-state index in [1.807, 2.05) is 68.4 Å². The van der Waals surface area contributed by atoms with Gasteiger partial charge < -0.3 is 8.98 Å². The third-order valence-electron chi connectivity index (χ3n) is 5.43. The van der Waals surface area contributed by atoms with Gasteiger partial charge in [-0.25, -0.2) is 0 Å². The summed E-state index contributed by atoms with van der Waals surface area (Å²) >= 11 is 1.28. The molecule has 2 aromatic heterocycles. The van der Waals surface area contributed by atoms with Crippen molar-refractivity contribution < 1.29 is 9.21 Å². The van der Waals surface area contributed by atoms with Crippen LogP contribution in [-0.4, -0.2) is 26.3 Å². The molecule has 0 aliphatic heterocycles. The molecule has 0 aliphatic carbocycles. The van der Waals surface area contributed by atoms with E-state index < -0.39 is 0 Å². The molecule has 0 radical (unpaired) electrons. The monoisotopic (exact) mass is 431 g/mol. The van der Waals surface area contributed by atoms with Gasteiger partial charge in [-0.15, -0.1) is 10.2 Å². The lowest BCUT2D eigenvalue weighted by Crippen LogP contribution is -2.11. The Morgan fingerprint density at radius 2 is 1.71 bits per heavy atom. The molecule has 0 saturated carbocycles. The SMILES string of the molecule is Cc1cc(C(=O)CSc2nnc(Cc3ccccc3)o2)c(C)n1[C@@H](C)c1ccccc1. The third kappa shape index (κ3) is 4.80. The van der Waals surface area contributed by atoms with Crippen LogP contribution in [0.15, 0.2) is 76.4 Å². The molecule has 0 saturated heterocycles. The average molecular weight is 432 g/mol. The molecule has 6 heteroatoms.